The highest BCUT2D eigenvalue weighted by Gasteiger charge is 1.94. The van der Waals surface area contributed by atoms with Crippen molar-refractivity contribution in [3.05, 3.63) is 35.9 Å². The molecule has 3 heteroatoms. The summed E-state index contributed by atoms with van der Waals surface area (Å²) < 4.78 is 0. The minimum Gasteiger partial charge on any atom is -0.396 e. The molecular weight excluding hydrogens is 206 g/mol. The van der Waals surface area contributed by atoms with E-state index in [1.807, 2.05) is 25.1 Å². The summed E-state index contributed by atoms with van der Waals surface area (Å²) in [6.45, 7) is 3.11. The van der Waals surface area contributed by atoms with Crippen molar-refractivity contribution >= 4 is 17.5 Å². The van der Waals surface area contributed by atoms with Crippen molar-refractivity contribution in [3.63, 3.8) is 0 Å². The number of benzene rings is 1. The Bertz CT molecular complexity index is 298. The Morgan fingerprint density at radius 3 is 2.67 bits per heavy atom. The molecule has 0 aromatic heterocycles. The molecular formula is C12H17NOS. The van der Waals surface area contributed by atoms with Crippen LogP contribution < -0.4 is 0 Å². The van der Waals surface area contributed by atoms with E-state index in [0.717, 1.165) is 23.8 Å². The molecule has 1 rings (SSSR count). The van der Waals surface area contributed by atoms with E-state index in [9.17, 15) is 0 Å². The molecule has 0 bridgehead atoms. The van der Waals surface area contributed by atoms with Crippen molar-refractivity contribution in [2.24, 2.45) is 4.99 Å². The first kappa shape index (κ1) is 12.3. The first-order valence-electron chi connectivity index (χ1n) is 5.09. The van der Waals surface area contributed by atoms with Crippen molar-refractivity contribution < 1.29 is 5.11 Å². The molecule has 0 fully saturated rings. The molecule has 0 aliphatic heterocycles. The van der Waals surface area contributed by atoms with E-state index in [-0.39, 0.29) is 6.61 Å². The van der Waals surface area contributed by atoms with Crippen molar-refractivity contribution in [2.75, 3.05) is 24.7 Å². The van der Waals surface area contributed by atoms with Gasteiger partial charge in [-0.15, -0.1) is 0 Å². The highest BCUT2D eigenvalue weighted by molar-refractivity contribution is 7.99. The first-order chi connectivity index (χ1) is 7.34. The van der Waals surface area contributed by atoms with Gasteiger partial charge in [-0.3, -0.25) is 4.99 Å². The number of aliphatic hydroxyl groups excluding tert-OH is 1. The summed E-state index contributed by atoms with van der Waals surface area (Å²) in [5.74, 6) is 1.78. The lowest BCUT2D eigenvalue weighted by Crippen LogP contribution is -1.98. The molecule has 0 radical (unpaired) electrons. The number of aliphatic imine (C=N–C) groups is 1. The van der Waals surface area contributed by atoms with Crippen LogP contribution in [0.25, 0.3) is 0 Å². The molecule has 82 valence electrons. The van der Waals surface area contributed by atoms with Gasteiger partial charge in [0, 0.05) is 23.8 Å². The molecule has 15 heavy (non-hydrogen) atoms. The number of rotatable bonds is 6. The fraction of sp³-hybridized carbons (Fsp3) is 0.417. The third-order valence-corrected chi connectivity index (χ3v) is 2.95. The second-order valence-electron chi connectivity index (χ2n) is 3.17. The fourth-order valence-electron chi connectivity index (χ4n) is 1.22. The van der Waals surface area contributed by atoms with Gasteiger partial charge in [0.25, 0.3) is 0 Å². The first-order valence-corrected chi connectivity index (χ1v) is 6.25. The maximum absolute atomic E-state index is 8.60. The van der Waals surface area contributed by atoms with E-state index in [1.165, 1.54) is 5.56 Å². The number of nitrogens with zero attached hydrogens (tertiary/aromatic N) is 1. The van der Waals surface area contributed by atoms with Gasteiger partial charge in [-0.2, -0.15) is 11.8 Å². The smallest absolute Gasteiger partial charge is 0.0521 e. The molecule has 0 atom stereocenters. The fourth-order valence-corrected chi connectivity index (χ4v) is 1.77. The zero-order chi connectivity index (χ0) is 10.9. The predicted molar refractivity (Wildman–Crippen MR) is 67.9 cm³/mol. The highest BCUT2D eigenvalue weighted by atomic mass is 32.2. The Morgan fingerprint density at radius 2 is 2.00 bits per heavy atom. The summed E-state index contributed by atoms with van der Waals surface area (Å²) in [6, 6.07) is 10.2. The van der Waals surface area contributed by atoms with Crippen molar-refractivity contribution in [3.8, 4) is 0 Å². The van der Waals surface area contributed by atoms with Gasteiger partial charge >= 0.3 is 0 Å². The van der Waals surface area contributed by atoms with Gasteiger partial charge in [-0.1, -0.05) is 30.3 Å². The van der Waals surface area contributed by atoms with Crippen LogP contribution in [0.15, 0.2) is 35.3 Å². The summed E-state index contributed by atoms with van der Waals surface area (Å²) in [4.78, 5) is 4.48. The monoisotopic (exact) mass is 223 g/mol. The van der Waals surface area contributed by atoms with Gasteiger partial charge in [-0.05, 0) is 12.5 Å². The summed E-state index contributed by atoms with van der Waals surface area (Å²) in [6.07, 6.45) is 0. The molecule has 0 heterocycles. The molecule has 1 aromatic carbocycles. The van der Waals surface area contributed by atoms with Gasteiger partial charge in [0.2, 0.25) is 0 Å². The zero-order valence-electron chi connectivity index (χ0n) is 9.02. The average Bonchev–Trinajstić information content (AvgIpc) is 2.30. The second kappa shape index (κ2) is 7.49. The van der Waals surface area contributed by atoms with Crippen LogP contribution in [0.5, 0.6) is 0 Å². The summed E-state index contributed by atoms with van der Waals surface area (Å²) in [5, 5.41) is 8.60. The van der Waals surface area contributed by atoms with Crippen LogP contribution in [0, 0.1) is 0 Å². The standard InChI is InChI=1S/C12H17NOS/c1-11(12-5-3-2-4-6-12)13-7-9-15-10-8-14/h2-6,14H,7-10H2,1H3. The predicted octanol–water partition coefficient (Wildman–Crippen LogP) is 2.22. The van der Waals surface area contributed by atoms with Gasteiger partial charge in [0.1, 0.15) is 0 Å². The van der Waals surface area contributed by atoms with Gasteiger partial charge in [-0.25, -0.2) is 0 Å². The van der Waals surface area contributed by atoms with E-state index in [0.29, 0.717) is 0 Å². The summed E-state index contributed by atoms with van der Waals surface area (Å²) in [5.41, 5.74) is 2.27. The van der Waals surface area contributed by atoms with Crippen LogP contribution in [0.3, 0.4) is 0 Å². The largest absolute Gasteiger partial charge is 0.396 e. The summed E-state index contributed by atoms with van der Waals surface area (Å²) >= 11 is 1.73. The number of aliphatic hydroxyl groups is 1. The molecule has 0 unspecified atom stereocenters. The Morgan fingerprint density at radius 1 is 1.27 bits per heavy atom. The molecule has 1 aromatic rings. The topological polar surface area (TPSA) is 32.6 Å². The lowest BCUT2D eigenvalue weighted by Gasteiger charge is -2.00. The Hall–Kier alpha value is -0.800. The molecule has 0 amide bonds. The summed E-state index contributed by atoms with van der Waals surface area (Å²) in [7, 11) is 0. The van der Waals surface area contributed by atoms with Crippen LogP contribution >= 0.6 is 11.8 Å². The van der Waals surface area contributed by atoms with E-state index in [4.69, 9.17) is 5.11 Å². The van der Waals surface area contributed by atoms with Crippen LogP contribution in [0.4, 0.5) is 0 Å². The zero-order valence-corrected chi connectivity index (χ0v) is 9.83. The van der Waals surface area contributed by atoms with Crippen LogP contribution in [-0.4, -0.2) is 35.5 Å². The third-order valence-electron chi connectivity index (χ3n) is 2.01. The van der Waals surface area contributed by atoms with E-state index in [2.05, 4.69) is 17.1 Å². The lowest BCUT2D eigenvalue weighted by molar-refractivity contribution is 0.322. The molecule has 0 saturated carbocycles. The van der Waals surface area contributed by atoms with Crippen LogP contribution in [-0.2, 0) is 0 Å². The maximum Gasteiger partial charge on any atom is 0.0521 e. The average molecular weight is 223 g/mol. The third kappa shape index (κ3) is 5.00. The lowest BCUT2D eigenvalue weighted by atomic mass is 10.1. The van der Waals surface area contributed by atoms with Crippen molar-refractivity contribution in [2.45, 2.75) is 6.92 Å². The SMILES string of the molecule is CC(=NCCSCCO)c1ccccc1. The van der Waals surface area contributed by atoms with Gasteiger partial charge in [0.15, 0.2) is 0 Å². The number of hydrogen-bond donors (Lipinski definition) is 1. The van der Waals surface area contributed by atoms with Crippen molar-refractivity contribution in [1.29, 1.82) is 0 Å². The molecule has 0 aliphatic rings. The van der Waals surface area contributed by atoms with Crippen molar-refractivity contribution in [1.82, 2.24) is 0 Å². The van der Waals surface area contributed by atoms with Crippen LogP contribution in [0.1, 0.15) is 12.5 Å². The van der Waals surface area contributed by atoms with E-state index < -0.39 is 0 Å². The second-order valence-corrected chi connectivity index (χ2v) is 4.39. The van der Waals surface area contributed by atoms with Crippen LogP contribution in [0.2, 0.25) is 0 Å². The van der Waals surface area contributed by atoms with E-state index in [1.54, 1.807) is 11.8 Å². The Balaban J connectivity index is 2.33. The molecule has 2 nitrogen and oxygen atoms in total. The quantitative estimate of drug-likeness (QED) is 0.592. The molecule has 0 spiro atoms. The number of thioether (sulfide) groups is 1. The Kier molecular flexibility index (Phi) is 6.12. The normalized spacial score (nSPS) is 11.7. The minimum atomic E-state index is 0.256. The van der Waals surface area contributed by atoms with Gasteiger partial charge in [0.05, 0.1) is 6.61 Å². The minimum absolute atomic E-state index is 0.256. The Labute approximate surface area is 95.4 Å². The molecule has 1 N–H and O–H groups in total. The molecule has 0 aliphatic carbocycles. The van der Waals surface area contributed by atoms with Gasteiger partial charge < -0.3 is 5.11 Å². The maximum atomic E-state index is 8.60. The number of hydrogen-bond acceptors (Lipinski definition) is 3. The molecule has 0 saturated heterocycles. The van der Waals surface area contributed by atoms with E-state index >= 15 is 0 Å². The highest BCUT2D eigenvalue weighted by Crippen LogP contribution is 2.02.